The molecule has 0 radical (unpaired) electrons. The van der Waals surface area contributed by atoms with Crippen LogP contribution in [0, 0.1) is 11.8 Å². The Bertz CT molecular complexity index is 1090. The van der Waals surface area contributed by atoms with E-state index in [2.05, 4.69) is 20.1 Å². The van der Waals surface area contributed by atoms with Crippen molar-refractivity contribution in [2.75, 3.05) is 26.3 Å². The first-order valence-electron chi connectivity index (χ1n) is 14.6. The number of hydrogen-bond donors (Lipinski definition) is 1. The van der Waals surface area contributed by atoms with E-state index in [0.717, 1.165) is 24.8 Å². The summed E-state index contributed by atoms with van der Waals surface area (Å²) in [6.07, 6.45) is 7.94. The first-order chi connectivity index (χ1) is 19.3. The lowest BCUT2D eigenvalue weighted by molar-refractivity contribution is -0.162. The summed E-state index contributed by atoms with van der Waals surface area (Å²) in [7, 11) is 0. The second kappa shape index (κ2) is 12.7. The summed E-state index contributed by atoms with van der Waals surface area (Å²) in [6.45, 7) is 12.3. The number of amides is 2. The highest BCUT2D eigenvalue weighted by atomic mass is 16.6. The van der Waals surface area contributed by atoms with Crippen molar-refractivity contribution in [1.82, 2.24) is 9.80 Å². The zero-order valence-corrected chi connectivity index (χ0v) is 23.9. The lowest BCUT2D eigenvalue weighted by Gasteiger charge is -2.39. The average molecular weight is 553 g/mol. The lowest BCUT2D eigenvalue weighted by atomic mass is 9.66. The topological polar surface area (TPSA) is 96.4 Å². The first kappa shape index (κ1) is 30.0. The van der Waals surface area contributed by atoms with Gasteiger partial charge in [-0.2, -0.15) is 0 Å². The van der Waals surface area contributed by atoms with E-state index in [4.69, 9.17) is 9.47 Å². The molecule has 1 aromatic rings. The van der Waals surface area contributed by atoms with Gasteiger partial charge >= 0.3 is 5.97 Å². The maximum atomic E-state index is 14.4. The number of allylic oxidation sites excluding steroid dienone is 1. The lowest BCUT2D eigenvalue weighted by Crippen LogP contribution is -2.59. The van der Waals surface area contributed by atoms with E-state index >= 15 is 0 Å². The molecule has 0 aromatic heterocycles. The van der Waals surface area contributed by atoms with Crippen LogP contribution in [0.4, 0.5) is 0 Å². The molecule has 3 heterocycles. The number of likely N-dealkylation sites (tertiary alicyclic amines) is 1. The molecule has 2 amide bonds. The number of rotatable bonds is 15. The predicted molar refractivity (Wildman–Crippen MR) is 152 cm³/mol. The third-order valence-corrected chi connectivity index (χ3v) is 8.86. The third-order valence-electron chi connectivity index (χ3n) is 8.86. The molecule has 1 N–H and O–H groups in total. The molecule has 3 fully saturated rings. The molecule has 1 spiro atoms. The van der Waals surface area contributed by atoms with Crippen molar-refractivity contribution in [3.05, 3.63) is 61.2 Å². The molecule has 3 aliphatic heterocycles. The Morgan fingerprint density at radius 2 is 1.98 bits per heavy atom. The van der Waals surface area contributed by atoms with E-state index in [1.807, 2.05) is 37.3 Å². The second-order valence-corrected chi connectivity index (χ2v) is 11.5. The van der Waals surface area contributed by atoms with Crippen LogP contribution in [0.5, 0.6) is 0 Å². The van der Waals surface area contributed by atoms with Gasteiger partial charge in [0.15, 0.2) is 0 Å². The number of esters is 1. The fourth-order valence-corrected chi connectivity index (χ4v) is 6.99. The number of hydrogen-bond acceptors (Lipinski definition) is 6. The monoisotopic (exact) mass is 552 g/mol. The molecule has 3 saturated heterocycles. The molecular weight excluding hydrogens is 508 g/mol. The van der Waals surface area contributed by atoms with Crippen molar-refractivity contribution < 1.29 is 29.0 Å². The number of unbranched alkanes of at least 4 members (excludes halogenated alkanes) is 2. The molecular formula is C32H44N2O6. The van der Waals surface area contributed by atoms with Crippen LogP contribution in [0.25, 0.3) is 0 Å². The molecule has 8 nitrogen and oxygen atoms in total. The van der Waals surface area contributed by atoms with E-state index in [1.54, 1.807) is 22.0 Å². The Morgan fingerprint density at radius 3 is 2.62 bits per heavy atom. The average Bonchev–Trinajstić information content (AvgIpc) is 3.52. The van der Waals surface area contributed by atoms with E-state index in [0.29, 0.717) is 38.8 Å². The van der Waals surface area contributed by atoms with E-state index in [1.165, 1.54) is 0 Å². The molecule has 218 valence electrons. The maximum absolute atomic E-state index is 14.4. The van der Waals surface area contributed by atoms with Gasteiger partial charge in [0.05, 0.1) is 30.8 Å². The molecule has 2 bridgehead atoms. The SMILES string of the molecule is C=CCCCOC(=O)[C@@H]1[C@H]2C(=O)N([C@@H](CO)Cc3ccccc3)C(C(=O)N(CC=C)CCCC)C23CC[C@@]1(C)O3. The number of ether oxygens (including phenoxy) is 2. The summed E-state index contributed by atoms with van der Waals surface area (Å²) in [6, 6.07) is 8.00. The molecule has 1 aromatic carbocycles. The fraction of sp³-hybridized carbons (Fsp3) is 0.594. The van der Waals surface area contributed by atoms with Crippen LogP contribution in [0.15, 0.2) is 55.6 Å². The van der Waals surface area contributed by atoms with Gasteiger partial charge in [0.25, 0.3) is 0 Å². The standard InChI is InChI=1S/C32H44N2O6/c1-5-8-13-20-39-30(38)26-25-28(36)34(24(22-35)21-23-14-11-10-12-15-23)27(32(25)17-16-31(26,4)40-32)29(37)33(18-7-3)19-9-6-2/h5,7,10-12,14-15,24-27,35H,1,3,6,8-9,13,16-22H2,2,4H3/t24-,25+,26+,27?,31-,32?/m1/s1. The van der Waals surface area contributed by atoms with Gasteiger partial charge in [-0.25, -0.2) is 0 Å². The van der Waals surface area contributed by atoms with Crippen LogP contribution in [-0.4, -0.2) is 82.3 Å². The van der Waals surface area contributed by atoms with E-state index < -0.39 is 41.1 Å². The number of benzene rings is 1. The number of nitrogens with zero attached hydrogens (tertiary/aromatic N) is 2. The van der Waals surface area contributed by atoms with Crippen molar-refractivity contribution in [3.8, 4) is 0 Å². The summed E-state index contributed by atoms with van der Waals surface area (Å²) in [5.74, 6) is -2.68. The number of aliphatic hydroxyl groups is 1. The van der Waals surface area contributed by atoms with Gasteiger partial charge in [0, 0.05) is 13.1 Å². The van der Waals surface area contributed by atoms with Gasteiger partial charge in [-0.15, -0.1) is 13.2 Å². The highest BCUT2D eigenvalue weighted by molar-refractivity contribution is 5.98. The predicted octanol–water partition coefficient (Wildman–Crippen LogP) is 3.68. The molecule has 4 rings (SSSR count). The van der Waals surface area contributed by atoms with Gasteiger partial charge in [-0.05, 0) is 51.0 Å². The summed E-state index contributed by atoms with van der Waals surface area (Å²) >= 11 is 0. The summed E-state index contributed by atoms with van der Waals surface area (Å²) < 4.78 is 12.4. The van der Waals surface area contributed by atoms with E-state index in [-0.39, 0.29) is 25.0 Å². The molecule has 0 saturated carbocycles. The van der Waals surface area contributed by atoms with Crippen LogP contribution >= 0.6 is 0 Å². The Morgan fingerprint density at radius 1 is 1.23 bits per heavy atom. The molecule has 6 atom stereocenters. The van der Waals surface area contributed by atoms with Gasteiger partial charge in [-0.1, -0.05) is 55.8 Å². The van der Waals surface area contributed by atoms with Crippen LogP contribution in [-0.2, 0) is 30.3 Å². The number of carbonyl (C=O) groups is 3. The molecule has 0 aliphatic carbocycles. The fourth-order valence-electron chi connectivity index (χ4n) is 6.99. The minimum Gasteiger partial charge on any atom is -0.465 e. The zero-order valence-electron chi connectivity index (χ0n) is 23.9. The van der Waals surface area contributed by atoms with E-state index in [9.17, 15) is 19.5 Å². The van der Waals surface area contributed by atoms with Crippen molar-refractivity contribution in [3.63, 3.8) is 0 Å². The third kappa shape index (κ3) is 5.36. The minimum absolute atomic E-state index is 0.222. The molecule has 40 heavy (non-hydrogen) atoms. The number of carbonyl (C=O) groups excluding carboxylic acids is 3. The molecule has 3 aliphatic rings. The summed E-state index contributed by atoms with van der Waals surface area (Å²) in [5.41, 5.74) is -1.12. The van der Waals surface area contributed by atoms with Crippen LogP contribution in [0.3, 0.4) is 0 Å². The Hall–Kier alpha value is -2.97. The smallest absolute Gasteiger partial charge is 0.312 e. The Labute approximate surface area is 238 Å². The molecule has 8 heteroatoms. The van der Waals surface area contributed by atoms with Crippen LogP contribution in [0.2, 0.25) is 0 Å². The van der Waals surface area contributed by atoms with Crippen molar-refractivity contribution >= 4 is 17.8 Å². The molecule has 2 unspecified atom stereocenters. The maximum Gasteiger partial charge on any atom is 0.312 e. The highest BCUT2D eigenvalue weighted by Gasteiger charge is 2.79. The zero-order chi connectivity index (χ0) is 28.9. The Balaban J connectivity index is 1.74. The second-order valence-electron chi connectivity index (χ2n) is 11.5. The summed E-state index contributed by atoms with van der Waals surface area (Å²) in [4.78, 5) is 45.6. The normalized spacial score (nSPS) is 29.2. The van der Waals surface area contributed by atoms with Crippen molar-refractivity contribution in [1.29, 1.82) is 0 Å². The quantitative estimate of drug-likeness (QED) is 0.203. The van der Waals surface area contributed by atoms with Crippen molar-refractivity contribution in [2.45, 2.75) is 82.1 Å². The van der Waals surface area contributed by atoms with Gasteiger partial charge < -0.3 is 24.4 Å². The number of aliphatic hydroxyl groups excluding tert-OH is 1. The largest absolute Gasteiger partial charge is 0.465 e. The van der Waals surface area contributed by atoms with Gasteiger partial charge in [0.2, 0.25) is 11.8 Å². The first-order valence-corrected chi connectivity index (χ1v) is 14.6. The summed E-state index contributed by atoms with van der Waals surface area (Å²) in [5, 5.41) is 10.6. The minimum atomic E-state index is -1.16. The van der Waals surface area contributed by atoms with Gasteiger partial charge in [0.1, 0.15) is 17.6 Å². The van der Waals surface area contributed by atoms with Gasteiger partial charge in [-0.3, -0.25) is 14.4 Å². The van der Waals surface area contributed by atoms with Crippen molar-refractivity contribution in [2.24, 2.45) is 11.8 Å². The highest BCUT2D eigenvalue weighted by Crippen LogP contribution is 2.63. The van der Waals surface area contributed by atoms with Crippen LogP contribution in [0.1, 0.15) is 57.9 Å². The number of fused-ring (bicyclic) bond motifs is 1. The Kier molecular flexibility index (Phi) is 9.52. The van der Waals surface area contributed by atoms with Crippen LogP contribution < -0.4 is 0 Å².